The second-order valence-electron chi connectivity index (χ2n) is 6.76. The van der Waals surface area contributed by atoms with Crippen molar-refractivity contribution in [2.24, 2.45) is 5.92 Å². The van der Waals surface area contributed by atoms with Gasteiger partial charge >= 0.3 is 0 Å². The van der Waals surface area contributed by atoms with Crippen LogP contribution in [-0.4, -0.2) is 59.7 Å². The van der Waals surface area contributed by atoms with Gasteiger partial charge in [0.1, 0.15) is 0 Å². The summed E-state index contributed by atoms with van der Waals surface area (Å²) in [4.78, 5) is 23.5. The van der Waals surface area contributed by atoms with E-state index in [4.69, 9.17) is 0 Å². The first-order valence-electron chi connectivity index (χ1n) is 8.32. The van der Waals surface area contributed by atoms with Gasteiger partial charge in [0.2, 0.25) is 10.0 Å². The quantitative estimate of drug-likeness (QED) is 0.785. The van der Waals surface area contributed by atoms with Gasteiger partial charge in [0.05, 0.1) is 23.5 Å². The molecule has 25 heavy (non-hydrogen) atoms. The van der Waals surface area contributed by atoms with E-state index in [1.54, 1.807) is 23.0 Å². The number of hydrogen-bond acceptors (Lipinski definition) is 6. The molecule has 0 aromatic carbocycles. The van der Waals surface area contributed by atoms with Gasteiger partial charge in [-0.1, -0.05) is 13.8 Å². The summed E-state index contributed by atoms with van der Waals surface area (Å²) in [6, 6.07) is 1.79. The summed E-state index contributed by atoms with van der Waals surface area (Å²) in [5.74, 6) is 0.686. The summed E-state index contributed by atoms with van der Waals surface area (Å²) in [6.07, 6.45) is 4.53. The molecule has 3 rings (SSSR count). The van der Waals surface area contributed by atoms with E-state index in [0.717, 1.165) is 11.0 Å². The minimum absolute atomic E-state index is 0.151. The van der Waals surface area contributed by atoms with Crippen molar-refractivity contribution in [2.75, 3.05) is 37.3 Å². The summed E-state index contributed by atoms with van der Waals surface area (Å²) in [6.45, 7) is 6.32. The molecule has 2 aromatic heterocycles. The van der Waals surface area contributed by atoms with Gasteiger partial charge in [0, 0.05) is 38.9 Å². The van der Waals surface area contributed by atoms with Crippen molar-refractivity contribution < 1.29 is 8.42 Å². The van der Waals surface area contributed by atoms with Crippen LogP contribution in [0.3, 0.4) is 0 Å². The normalized spacial score (nSPS) is 16.7. The Morgan fingerprint density at radius 1 is 1.20 bits per heavy atom. The second-order valence-corrected chi connectivity index (χ2v) is 8.74. The Labute approximate surface area is 147 Å². The first-order valence-corrected chi connectivity index (χ1v) is 10.2. The van der Waals surface area contributed by atoms with Crippen molar-refractivity contribution >= 4 is 26.9 Å². The fourth-order valence-electron chi connectivity index (χ4n) is 3.06. The smallest absolute Gasteiger partial charge is 0.294 e. The molecule has 3 heterocycles. The molecule has 0 aliphatic carbocycles. The topological polar surface area (TPSA) is 88.4 Å². The maximum absolute atomic E-state index is 13.0. The molecule has 8 nitrogen and oxygen atoms in total. The molecule has 0 bridgehead atoms. The van der Waals surface area contributed by atoms with Gasteiger partial charge in [0.25, 0.3) is 5.56 Å². The lowest BCUT2D eigenvalue weighted by Gasteiger charge is -2.33. The molecule has 1 aliphatic heterocycles. The molecule has 0 unspecified atom stereocenters. The lowest BCUT2D eigenvalue weighted by Crippen LogP contribution is -2.50. The molecule has 0 atom stereocenters. The Hall–Kier alpha value is -2.00. The van der Waals surface area contributed by atoms with Crippen LogP contribution >= 0.6 is 0 Å². The Morgan fingerprint density at radius 3 is 2.48 bits per heavy atom. The van der Waals surface area contributed by atoms with Crippen LogP contribution in [0.5, 0.6) is 0 Å². The molecule has 9 heteroatoms. The predicted octanol–water partition coefficient (Wildman–Crippen LogP) is 0.529. The summed E-state index contributed by atoms with van der Waals surface area (Å²) >= 11 is 0. The molecule has 2 aromatic rings. The summed E-state index contributed by atoms with van der Waals surface area (Å²) in [5, 5.41) is 0. The number of pyridine rings is 1. The molecule has 0 N–H and O–H groups in total. The molecule has 136 valence electrons. The van der Waals surface area contributed by atoms with E-state index < -0.39 is 10.0 Å². The SMILES string of the molecule is CC(C)Cn1c(=O)c(N2CCN(S(C)(=O)=O)CC2)nc2ccncc21. The van der Waals surface area contributed by atoms with Crippen LogP contribution in [0.2, 0.25) is 0 Å². The fraction of sp³-hybridized carbons (Fsp3) is 0.562. The van der Waals surface area contributed by atoms with Gasteiger partial charge in [0.15, 0.2) is 5.82 Å². The number of anilines is 1. The van der Waals surface area contributed by atoms with E-state index in [0.29, 0.717) is 44.5 Å². The number of aromatic nitrogens is 3. The van der Waals surface area contributed by atoms with Gasteiger partial charge in [-0.05, 0) is 12.0 Å². The second kappa shape index (κ2) is 6.72. The maximum Gasteiger partial charge on any atom is 0.294 e. The third-order valence-corrected chi connectivity index (χ3v) is 5.59. The molecule has 1 fully saturated rings. The molecular weight excluding hydrogens is 342 g/mol. The van der Waals surface area contributed by atoms with E-state index >= 15 is 0 Å². The molecule has 0 saturated carbocycles. The van der Waals surface area contributed by atoms with Gasteiger partial charge in [-0.15, -0.1) is 0 Å². The third-order valence-electron chi connectivity index (χ3n) is 4.29. The average Bonchev–Trinajstić information content (AvgIpc) is 2.56. The minimum Gasteiger partial charge on any atom is -0.349 e. The first kappa shape index (κ1) is 17.8. The average molecular weight is 365 g/mol. The zero-order valence-electron chi connectivity index (χ0n) is 14.7. The lowest BCUT2D eigenvalue weighted by molar-refractivity contribution is 0.386. The standard InChI is InChI=1S/C16H23N5O3S/c1-12(2)11-21-14-10-17-5-4-13(14)18-15(16(21)22)19-6-8-20(9-7-19)25(3,23)24/h4-5,10,12H,6-9,11H2,1-3H3. The van der Waals surface area contributed by atoms with Crippen molar-refractivity contribution in [3.8, 4) is 0 Å². The summed E-state index contributed by atoms with van der Waals surface area (Å²) < 4.78 is 26.5. The Morgan fingerprint density at radius 2 is 1.88 bits per heavy atom. The molecular formula is C16H23N5O3S. The van der Waals surface area contributed by atoms with Crippen molar-refractivity contribution in [1.82, 2.24) is 18.8 Å². The molecule has 0 amide bonds. The largest absolute Gasteiger partial charge is 0.349 e. The Balaban J connectivity index is 2.00. The van der Waals surface area contributed by atoms with E-state index in [-0.39, 0.29) is 5.56 Å². The van der Waals surface area contributed by atoms with Crippen LogP contribution in [-0.2, 0) is 16.6 Å². The number of sulfonamides is 1. The predicted molar refractivity (Wildman–Crippen MR) is 97.3 cm³/mol. The Kier molecular flexibility index (Phi) is 4.79. The highest BCUT2D eigenvalue weighted by atomic mass is 32.2. The molecule has 1 aliphatic rings. The van der Waals surface area contributed by atoms with Crippen molar-refractivity contribution in [3.05, 3.63) is 28.8 Å². The highest BCUT2D eigenvalue weighted by Gasteiger charge is 2.26. The highest BCUT2D eigenvalue weighted by Crippen LogP contribution is 2.17. The van der Waals surface area contributed by atoms with Gasteiger partial charge in [-0.25, -0.2) is 13.4 Å². The van der Waals surface area contributed by atoms with Crippen LogP contribution in [0.1, 0.15) is 13.8 Å². The monoisotopic (exact) mass is 365 g/mol. The molecule has 0 spiro atoms. The van der Waals surface area contributed by atoms with E-state index in [2.05, 4.69) is 23.8 Å². The number of rotatable bonds is 4. The minimum atomic E-state index is -3.21. The van der Waals surface area contributed by atoms with Gasteiger partial charge < -0.3 is 9.47 Å². The third kappa shape index (κ3) is 3.67. The Bertz CT molecular complexity index is 930. The van der Waals surface area contributed by atoms with Crippen LogP contribution in [0.4, 0.5) is 5.82 Å². The lowest BCUT2D eigenvalue weighted by atomic mass is 10.2. The van der Waals surface area contributed by atoms with Crippen molar-refractivity contribution in [1.29, 1.82) is 0 Å². The zero-order valence-corrected chi connectivity index (χ0v) is 15.5. The molecule has 0 radical (unpaired) electrons. The number of nitrogens with zero attached hydrogens (tertiary/aromatic N) is 5. The maximum atomic E-state index is 13.0. The first-order chi connectivity index (χ1) is 11.8. The number of fused-ring (bicyclic) bond motifs is 1. The number of piperazine rings is 1. The van der Waals surface area contributed by atoms with Crippen LogP contribution in [0.15, 0.2) is 23.3 Å². The van der Waals surface area contributed by atoms with Crippen LogP contribution in [0.25, 0.3) is 11.0 Å². The van der Waals surface area contributed by atoms with E-state index in [9.17, 15) is 13.2 Å². The summed E-state index contributed by atoms with van der Waals surface area (Å²) in [5.41, 5.74) is 1.29. The van der Waals surface area contributed by atoms with Crippen LogP contribution < -0.4 is 10.5 Å². The zero-order chi connectivity index (χ0) is 18.2. The number of hydrogen-bond donors (Lipinski definition) is 0. The molecule has 1 saturated heterocycles. The van der Waals surface area contributed by atoms with Crippen LogP contribution in [0, 0.1) is 5.92 Å². The fourth-order valence-corrected chi connectivity index (χ4v) is 3.88. The van der Waals surface area contributed by atoms with E-state index in [1.165, 1.54) is 10.6 Å². The van der Waals surface area contributed by atoms with Gasteiger partial charge in [-0.2, -0.15) is 4.31 Å². The van der Waals surface area contributed by atoms with Crippen molar-refractivity contribution in [3.63, 3.8) is 0 Å². The van der Waals surface area contributed by atoms with Crippen molar-refractivity contribution in [2.45, 2.75) is 20.4 Å². The summed E-state index contributed by atoms with van der Waals surface area (Å²) in [7, 11) is -3.21. The highest BCUT2D eigenvalue weighted by molar-refractivity contribution is 7.88. The van der Waals surface area contributed by atoms with Gasteiger partial charge in [-0.3, -0.25) is 9.78 Å². The van der Waals surface area contributed by atoms with E-state index in [1.807, 2.05) is 4.90 Å².